The quantitative estimate of drug-likeness (QED) is 0.663. The second-order valence-electron chi connectivity index (χ2n) is 6.96. The highest BCUT2D eigenvalue weighted by molar-refractivity contribution is 6.02. The predicted octanol–water partition coefficient (Wildman–Crippen LogP) is 1.89. The van der Waals surface area contributed by atoms with Crippen molar-refractivity contribution in [2.75, 3.05) is 25.0 Å². The number of hydrogen-bond acceptors (Lipinski definition) is 5. The highest BCUT2D eigenvalue weighted by Gasteiger charge is 2.23. The zero-order valence-electron chi connectivity index (χ0n) is 15.8. The van der Waals surface area contributed by atoms with Crippen molar-refractivity contribution in [3.63, 3.8) is 0 Å². The van der Waals surface area contributed by atoms with E-state index in [2.05, 4.69) is 17.1 Å². The lowest BCUT2D eigenvalue weighted by molar-refractivity contribution is -0.116. The van der Waals surface area contributed by atoms with Crippen molar-refractivity contribution in [3.05, 3.63) is 45.4 Å². The number of rotatable bonds is 3. The Balaban J connectivity index is 2.26. The average Bonchev–Trinajstić information content (AvgIpc) is 2.68. The van der Waals surface area contributed by atoms with Gasteiger partial charge in [-0.1, -0.05) is 13.0 Å². The van der Waals surface area contributed by atoms with Crippen LogP contribution in [0, 0.1) is 24.2 Å². The van der Waals surface area contributed by atoms with Crippen LogP contribution in [0.2, 0.25) is 0 Å². The second-order valence-corrected chi connectivity index (χ2v) is 6.96. The summed E-state index contributed by atoms with van der Waals surface area (Å²) in [7, 11) is 1.45. The molecule has 0 spiro atoms. The highest BCUT2D eigenvalue weighted by Crippen LogP contribution is 2.25. The first-order valence-corrected chi connectivity index (χ1v) is 9.07. The SMILES string of the molecule is CNC(=O)/C(C#N)=C\c1c(N2CCC(C)CC2)nc2c(C)cccn2c1=O. The fourth-order valence-corrected chi connectivity index (χ4v) is 3.32. The van der Waals surface area contributed by atoms with Gasteiger partial charge in [-0.2, -0.15) is 5.26 Å². The average molecular weight is 365 g/mol. The number of carbonyl (C=O) groups excluding carboxylic acids is 1. The summed E-state index contributed by atoms with van der Waals surface area (Å²) in [6.07, 6.45) is 5.04. The van der Waals surface area contributed by atoms with Gasteiger partial charge in [0, 0.05) is 26.3 Å². The van der Waals surface area contributed by atoms with Crippen LogP contribution >= 0.6 is 0 Å². The van der Waals surface area contributed by atoms with E-state index in [1.165, 1.54) is 17.5 Å². The molecule has 0 bridgehead atoms. The number of amides is 1. The van der Waals surface area contributed by atoms with Gasteiger partial charge >= 0.3 is 0 Å². The number of likely N-dealkylation sites (N-methyl/N-ethyl adjacent to an activating group) is 1. The molecule has 3 heterocycles. The van der Waals surface area contributed by atoms with Crippen molar-refractivity contribution in [1.82, 2.24) is 14.7 Å². The number of piperidine rings is 1. The van der Waals surface area contributed by atoms with Crippen molar-refractivity contribution >= 4 is 23.4 Å². The second kappa shape index (κ2) is 7.62. The van der Waals surface area contributed by atoms with Crippen LogP contribution in [-0.4, -0.2) is 35.4 Å². The Bertz CT molecular complexity index is 1010. The molecular weight excluding hydrogens is 342 g/mol. The van der Waals surface area contributed by atoms with E-state index < -0.39 is 5.91 Å². The minimum absolute atomic E-state index is 0.115. The first-order valence-electron chi connectivity index (χ1n) is 9.07. The van der Waals surface area contributed by atoms with E-state index in [1.807, 2.05) is 19.1 Å². The van der Waals surface area contributed by atoms with Gasteiger partial charge < -0.3 is 10.2 Å². The summed E-state index contributed by atoms with van der Waals surface area (Å²) in [6.45, 7) is 5.70. The van der Waals surface area contributed by atoms with Crippen LogP contribution in [0.5, 0.6) is 0 Å². The number of aromatic nitrogens is 2. The number of nitrogens with zero attached hydrogens (tertiary/aromatic N) is 4. The van der Waals surface area contributed by atoms with E-state index >= 15 is 0 Å². The molecule has 2 aromatic heterocycles. The van der Waals surface area contributed by atoms with Gasteiger partial charge in [0.05, 0.1) is 5.56 Å². The van der Waals surface area contributed by atoms with Gasteiger partial charge in [0.2, 0.25) is 0 Å². The molecular formula is C20H23N5O2. The molecule has 1 fully saturated rings. The molecule has 2 aromatic rings. The number of carbonyl (C=O) groups is 1. The van der Waals surface area contributed by atoms with Crippen molar-refractivity contribution in [2.24, 2.45) is 5.92 Å². The topological polar surface area (TPSA) is 90.5 Å². The number of pyridine rings is 1. The zero-order chi connectivity index (χ0) is 19.6. The summed E-state index contributed by atoms with van der Waals surface area (Å²) in [6, 6.07) is 5.57. The summed E-state index contributed by atoms with van der Waals surface area (Å²) < 4.78 is 1.47. The van der Waals surface area contributed by atoms with E-state index in [0.29, 0.717) is 17.4 Å². The van der Waals surface area contributed by atoms with Gasteiger partial charge in [-0.25, -0.2) is 4.98 Å². The molecule has 0 unspecified atom stereocenters. The third-order valence-electron chi connectivity index (χ3n) is 5.03. The van der Waals surface area contributed by atoms with E-state index in [0.717, 1.165) is 31.5 Å². The van der Waals surface area contributed by atoms with Crippen LogP contribution in [0.1, 0.15) is 30.9 Å². The molecule has 7 heteroatoms. The maximum Gasteiger partial charge on any atom is 0.267 e. The third-order valence-corrected chi connectivity index (χ3v) is 5.03. The molecule has 0 aliphatic carbocycles. The van der Waals surface area contributed by atoms with Gasteiger partial charge in [0.25, 0.3) is 11.5 Å². The fraction of sp³-hybridized carbons (Fsp3) is 0.400. The van der Waals surface area contributed by atoms with Crippen molar-refractivity contribution in [1.29, 1.82) is 5.26 Å². The van der Waals surface area contributed by atoms with Crippen LogP contribution in [0.15, 0.2) is 28.7 Å². The Kier molecular flexibility index (Phi) is 5.26. The van der Waals surface area contributed by atoms with Crippen LogP contribution in [-0.2, 0) is 4.79 Å². The molecule has 1 amide bonds. The van der Waals surface area contributed by atoms with Crippen LogP contribution in [0.25, 0.3) is 11.7 Å². The van der Waals surface area contributed by atoms with Gasteiger partial charge in [0.1, 0.15) is 23.1 Å². The maximum atomic E-state index is 13.2. The minimum Gasteiger partial charge on any atom is -0.356 e. The molecule has 1 aliphatic rings. The Labute approximate surface area is 157 Å². The zero-order valence-corrected chi connectivity index (χ0v) is 15.8. The summed E-state index contributed by atoms with van der Waals surface area (Å²) >= 11 is 0. The Morgan fingerprint density at radius 1 is 1.41 bits per heavy atom. The van der Waals surface area contributed by atoms with E-state index in [1.54, 1.807) is 12.3 Å². The third kappa shape index (κ3) is 3.56. The largest absolute Gasteiger partial charge is 0.356 e. The number of fused-ring (bicyclic) bond motifs is 1. The maximum absolute atomic E-state index is 13.2. The monoisotopic (exact) mass is 365 g/mol. The number of nitriles is 1. The number of nitrogens with one attached hydrogen (secondary N) is 1. The molecule has 27 heavy (non-hydrogen) atoms. The molecule has 7 nitrogen and oxygen atoms in total. The molecule has 1 N–H and O–H groups in total. The Morgan fingerprint density at radius 3 is 2.74 bits per heavy atom. The molecule has 1 aliphatic heterocycles. The van der Waals surface area contributed by atoms with Crippen molar-refractivity contribution < 1.29 is 4.79 Å². The van der Waals surface area contributed by atoms with Crippen LogP contribution < -0.4 is 15.8 Å². The van der Waals surface area contributed by atoms with E-state index in [4.69, 9.17) is 4.98 Å². The minimum atomic E-state index is -0.524. The molecule has 0 saturated carbocycles. The number of hydrogen-bond donors (Lipinski definition) is 1. The van der Waals surface area contributed by atoms with E-state index in [9.17, 15) is 14.9 Å². The van der Waals surface area contributed by atoms with Gasteiger partial charge in [-0.3, -0.25) is 14.0 Å². The molecule has 1 saturated heterocycles. The highest BCUT2D eigenvalue weighted by atomic mass is 16.1. The molecule has 3 rings (SSSR count). The standard InChI is InChI=1S/C20H23N5O2/c1-13-6-9-24(10-7-13)18-16(11-15(12-21)19(26)22-3)20(27)25-8-4-5-14(2)17(25)23-18/h4-5,8,11,13H,6-7,9-10H2,1-3H3,(H,22,26)/b15-11-. The van der Waals surface area contributed by atoms with Gasteiger partial charge in [-0.15, -0.1) is 0 Å². The van der Waals surface area contributed by atoms with Gasteiger partial charge in [0.15, 0.2) is 0 Å². The molecule has 140 valence electrons. The summed E-state index contributed by atoms with van der Waals surface area (Å²) in [4.78, 5) is 32.0. The van der Waals surface area contributed by atoms with Crippen molar-refractivity contribution in [2.45, 2.75) is 26.7 Å². The Morgan fingerprint density at radius 2 is 2.11 bits per heavy atom. The van der Waals surface area contributed by atoms with Crippen molar-refractivity contribution in [3.8, 4) is 6.07 Å². The number of anilines is 1. The fourth-order valence-electron chi connectivity index (χ4n) is 3.32. The van der Waals surface area contributed by atoms with Crippen LogP contribution in [0.3, 0.4) is 0 Å². The van der Waals surface area contributed by atoms with Gasteiger partial charge in [-0.05, 0) is 43.4 Å². The normalized spacial score (nSPS) is 15.6. The summed E-state index contributed by atoms with van der Waals surface area (Å²) in [5.74, 6) is 0.645. The smallest absolute Gasteiger partial charge is 0.267 e. The van der Waals surface area contributed by atoms with Crippen LogP contribution in [0.4, 0.5) is 5.82 Å². The first-order chi connectivity index (χ1) is 13.0. The number of aryl methyl sites for hydroxylation is 1. The van der Waals surface area contributed by atoms with E-state index in [-0.39, 0.29) is 16.7 Å². The summed E-state index contributed by atoms with van der Waals surface area (Å²) in [5, 5.41) is 11.8. The predicted molar refractivity (Wildman–Crippen MR) is 104 cm³/mol. The molecule has 0 aromatic carbocycles. The molecule has 0 radical (unpaired) electrons. The lowest BCUT2D eigenvalue weighted by Gasteiger charge is -2.32. The first kappa shape index (κ1) is 18.6. The lowest BCUT2D eigenvalue weighted by Crippen LogP contribution is -2.36. The summed E-state index contributed by atoms with van der Waals surface area (Å²) in [5.41, 5.74) is 1.35. The molecule has 0 atom stereocenters. The lowest BCUT2D eigenvalue weighted by atomic mass is 9.99. The Hall–Kier alpha value is -3.14.